The van der Waals surface area contributed by atoms with Crippen LogP contribution in [-0.2, 0) is 10.3 Å². The lowest BCUT2D eigenvalue weighted by molar-refractivity contribution is -0.00660. The summed E-state index contributed by atoms with van der Waals surface area (Å²) in [7, 11) is 0. The van der Waals surface area contributed by atoms with Gasteiger partial charge in [0.1, 0.15) is 0 Å². The zero-order valence-corrected chi connectivity index (χ0v) is 11.9. The number of primary amides is 1. The molecule has 1 aromatic rings. The smallest absolute Gasteiger partial charge is 0.332 e. The normalized spacial score (nSPS) is 23.9. The molecule has 2 amide bonds. The van der Waals surface area contributed by atoms with Crippen molar-refractivity contribution in [2.24, 2.45) is 10.8 Å². The van der Waals surface area contributed by atoms with Gasteiger partial charge in [0.2, 0.25) is 0 Å². The molecule has 0 aliphatic carbocycles. The number of nitrogens with two attached hydrogens (primary N) is 1. The van der Waals surface area contributed by atoms with Crippen molar-refractivity contribution in [3.63, 3.8) is 0 Å². The number of carbonyl (C=O) groups excluding carboxylic acids is 1. The van der Waals surface area contributed by atoms with Gasteiger partial charge in [-0.25, -0.2) is 10.2 Å². The Morgan fingerprint density at radius 1 is 1.45 bits per heavy atom. The number of hydrogen-bond acceptors (Lipinski definition) is 3. The van der Waals surface area contributed by atoms with Gasteiger partial charge in [0.15, 0.2) is 0 Å². The van der Waals surface area contributed by atoms with Crippen LogP contribution in [0.4, 0.5) is 4.79 Å². The van der Waals surface area contributed by atoms with Crippen LogP contribution < -0.4 is 11.2 Å². The molecular formula is C14H18ClN3O2. The van der Waals surface area contributed by atoms with E-state index in [2.05, 4.69) is 10.5 Å². The minimum atomic E-state index is -0.671. The van der Waals surface area contributed by atoms with Gasteiger partial charge in [-0.15, -0.1) is 11.6 Å². The van der Waals surface area contributed by atoms with E-state index in [0.29, 0.717) is 18.9 Å². The number of carbonyl (C=O) groups is 1. The zero-order chi connectivity index (χ0) is 14.4. The van der Waals surface area contributed by atoms with Crippen molar-refractivity contribution in [2.45, 2.75) is 24.9 Å². The molecule has 2 rings (SSSR count). The van der Waals surface area contributed by atoms with Crippen molar-refractivity contribution in [3.8, 4) is 0 Å². The summed E-state index contributed by atoms with van der Waals surface area (Å²) < 4.78 is 5.99. The van der Waals surface area contributed by atoms with Crippen LogP contribution in [0.25, 0.3) is 0 Å². The summed E-state index contributed by atoms with van der Waals surface area (Å²) in [4.78, 5) is 10.7. The minimum Gasteiger partial charge on any atom is -0.364 e. The number of rotatable bonds is 5. The maximum absolute atomic E-state index is 10.7. The Bertz CT molecular complexity index is 492. The molecule has 1 fully saturated rings. The van der Waals surface area contributed by atoms with Gasteiger partial charge in [0.05, 0.1) is 17.9 Å². The summed E-state index contributed by atoms with van der Waals surface area (Å²) in [6, 6.07) is 9.35. The monoisotopic (exact) mass is 295 g/mol. The third-order valence-corrected chi connectivity index (χ3v) is 3.61. The Hall–Kier alpha value is -1.59. The number of benzene rings is 1. The van der Waals surface area contributed by atoms with Gasteiger partial charge in [-0.2, -0.15) is 5.10 Å². The lowest BCUT2D eigenvalue weighted by atomic mass is 9.86. The minimum absolute atomic E-state index is 0.386. The number of nitrogens with one attached hydrogen (secondary N) is 1. The first kappa shape index (κ1) is 14.8. The Morgan fingerprint density at radius 2 is 2.20 bits per heavy atom. The molecule has 6 heteroatoms. The second-order valence-electron chi connectivity index (χ2n) is 4.77. The number of halogens is 1. The molecule has 5 nitrogen and oxygen atoms in total. The van der Waals surface area contributed by atoms with Gasteiger partial charge in [-0.1, -0.05) is 30.3 Å². The summed E-state index contributed by atoms with van der Waals surface area (Å²) in [6.45, 7) is 0.386. The summed E-state index contributed by atoms with van der Waals surface area (Å²) in [6.07, 6.45) is 2.30. The number of alkyl halides is 1. The van der Waals surface area contributed by atoms with Gasteiger partial charge < -0.3 is 10.5 Å². The Balaban J connectivity index is 2.18. The first-order chi connectivity index (χ1) is 9.66. The summed E-state index contributed by atoms with van der Waals surface area (Å²) in [5, 5.41) is 3.99. The number of urea groups is 1. The van der Waals surface area contributed by atoms with E-state index in [9.17, 15) is 4.79 Å². The van der Waals surface area contributed by atoms with Crippen LogP contribution in [0.5, 0.6) is 0 Å². The second kappa shape index (κ2) is 6.72. The number of hydrazone groups is 1. The molecule has 0 aromatic heterocycles. The fourth-order valence-electron chi connectivity index (χ4n) is 2.44. The molecule has 0 bridgehead atoms. The molecule has 0 radical (unpaired) electrons. The summed E-state index contributed by atoms with van der Waals surface area (Å²) in [5.41, 5.74) is 8.74. The van der Waals surface area contributed by atoms with E-state index in [0.717, 1.165) is 24.1 Å². The molecule has 108 valence electrons. The fraction of sp³-hybridized carbons (Fsp3) is 0.429. The van der Waals surface area contributed by atoms with Gasteiger partial charge in [0, 0.05) is 12.3 Å². The van der Waals surface area contributed by atoms with E-state index in [4.69, 9.17) is 22.1 Å². The van der Waals surface area contributed by atoms with Crippen LogP contribution in [0.2, 0.25) is 0 Å². The van der Waals surface area contributed by atoms with Crippen LogP contribution in [0.15, 0.2) is 35.4 Å². The van der Waals surface area contributed by atoms with Crippen molar-refractivity contribution in [3.05, 3.63) is 35.9 Å². The summed E-state index contributed by atoms with van der Waals surface area (Å²) >= 11 is 5.81. The first-order valence-electron chi connectivity index (χ1n) is 6.52. The van der Waals surface area contributed by atoms with E-state index in [1.807, 2.05) is 30.3 Å². The van der Waals surface area contributed by atoms with Crippen molar-refractivity contribution in [1.82, 2.24) is 5.43 Å². The van der Waals surface area contributed by atoms with E-state index in [-0.39, 0.29) is 0 Å². The predicted molar refractivity (Wildman–Crippen MR) is 78.8 cm³/mol. The highest BCUT2D eigenvalue weighted by Crippen LogP contribution is 2.39. The molecule has 0 saturated carbocycles. The topological polar surface area (TPSA) is 76.7 Å². The van der Waals surface area contributed by atoms with Crippen molar-refractivity contribution in [1.29, 1.82) is 0 Å². The molecule has 1 saturated heterocycles. The molecule has 1 aromatic carbocycles. The molecule has 1 aliphatic rings. The highest BCUT2D eigenvalue weighted by atomic mass is 35.5. The second-order valence-corrected chi connectivity index (χ2v) is 5.15. The number of nitrogens with zero attached hydrogens (tertiary/aromatic N) is 1. The fourth-order valence-corrected chi connectivity index (χ4v) is 2.58. The van der Waals surface area contributed by atoms with Crippen LogP contribution in [0.3, 0.4) is 0 Å². The predicted octanol–water partition coefficient (Wildman–Crippen LogP) is 2.35. The molecule has 1 atom stereocenters. The third-order valence-electron chi connectivity index (χ3n) is 3.34. The van der Waals surface area contributed by atoms with E-state index in [1.165, 1.54) is 0 Å². The first-order valence-corrected chi connectivity index (χ1v) is 7.06. The SMILES string of the molecule is NC(=O)N/N=C1/CO[C@@](CCCCl)(c2ccccc2)C1. The molecule has 20 heavy (non-hydrogen) atoms. The Labute approximate surface area is 123 Å². The maximum atomic E-state index is 10.7. The van der Waals surface area contributed by atoms with Gasteiger partial charge in [-0.3, -0.25) is 0 Å². The third kappa shape index (κ3) is 3.49. The average Bonchev–Trinajstić information content (AvgIpc) is 2.89. The standard InChI is InChI=1S/C14H18ClN3O2/c15-8-4-7-14(11-5-2-1-3-6-11)9-12(10-20-14)17-18-13(16)19/h1-3,5-6H,4,7-10H2,(H3,16,18,19)/b17-12+/t14-/m1/s1. The van der Waals surface area contributed by atoms with E-state index < -0.39 is 11.6 Å². The Kier molecular flexibility index (Phi) is 4.98. The van der Waals surface area contributed by atoms with Crippen molar-refractivity contribution < 1.29 is 9.53 Å². The van der Waals surface area contributed by atoms with Crippen molar-refractivity contribution >= 4 is 23.3 Å². The van der Waals surface area contributed by atoms with Gasteiger partial charge in [0.25, 0.3) is 0 Å². The molecular weight excluding hydrogens is 278 g/mol. The van der Waals surface area contributed by atoms with Crippen LogP contribution in [0, 0.1) is 0 Å². The maximum Gasteiger partial charge on any atom is 0.332 e. The molecule has 1 heterocycles. The molecule has 0 spiro atoms. The van der Waals surface area contributed by atoms with Gasteiger partial charge >= 0.3 is 6.03 Å². The van der Waals surface area contributed by atoms with Crippen LogP contribution >= 0.6 is 11.6 Å². The molecule has 3 N–H and O–H groups in total. The van der Waals surface area contributed by atoms with E-state index >= 15 is 0 Å². The largest absolute Gasteiger partial charge is 0.364 e. The highest BCUT2D eigenvalue weighted by molar-refractivity contribution is 6.17. The number of amides is 2. The zero-order valence-electron chi connectivity index (χ0n) is 11.1. The quantitative estimate of drug-likeness (QED) is 0.646. The van der Waals surface area contributed by atoms with Crippen molar-refractivity contribution in [2.75, 3.05) is 12.5 Å². The van der Waals surface area contributed by atoms with Crippen LogP contribution in [-0.4, -0.2) is 24.2 Å². The Morgan fingerprint density at radius 3 is 2.85 bits per heavy atom. The number of ether oxygens (including phenoxy) is 1. The number of hydrogen-bond donors (Lipinski definition) is 2. The lowest BCUT2D eigenvalue weighted by Gasteiger charge is -2.28. The summed E-state index contributed by atoms with van der Waals surface area (Å²) in [5.74, 6) is 0.587. The van der Waals surface area contributed by atoms with Gasteiger partial charge in [-0.05, 0) is 18.4 Å². The lowest BCUT2D eigenvalue weighted by Crippen LogP contribution is -2.27. The molecule has 0 unspecified atom stereocenters. The van der Waals surface area contributed by atoms with E-state index in [1.54, 1.807) is 0 Å². The highest BCUT2D eigenvalue weighted by Gasteiger charge is 2.39. The van der Waals surface area contributed by atoms with Crippen LogP contribution in [0.1, 0.15) is 24.8 Å². The molecule has 1 aliphatic heterocycles. The average molecular weight is 296 g/mol.